The number of benzene rings is 1. The quantitative estimate of drug-likeness (QED) is 0.929. The van der Waals surface area contributed by atoms with Crippen molar-refractivity contribution in [2.75, 3.05) is 4.72 Å². The van der Waals surface area contributed by atoms with E-state index in [2.05, 4.69) is 14.7 Å². The number of ether oxygens (including phenoxy) is 1. The molecule has 0 bridgehead atoms. The molecule has 0 atom stereocenters. The van der Waals surface area contributed by atoms with Crippen LogP contribution in [0.2, 0.25) is 5.15 Å². The summed E-state index contributed by atoms with van der Waals surface area (Å²) in [6.07, 6.45) is 3.20. The summed E-state index contributed by atoms with van der Waals surface area (Å²) in [6.45, 7) is 3.92. The van der Waals surface area contributed by atoms with Crippen molar-refractivity contribution in [1.29, 1.82) is 0 Å². The lowest BCUT2D eigenvalue weighted by Gasteiger charge is -2.16. The van der Waals surface area contributed by atoms with E-state index in [1.54, 1.807) is 12.1 Å². The molecule has 2 aromatic rings. The lowest BCUT2D eigenvalue weighted by molar-refractivity contribution is 0.138. The average Bonchev–Trinajstić information content (AvgIpc) is 2.74. The lowest BCUT2D eigenvalue weighted by atomic mass is 10.0. The average molecular weight is 340 g/mol. The predicted molar refractivity (Wildman–Crippen MR) is 82.7 cm³/mol. The van der Waals surface area contributed by atoms with Crippen molar-refractivity contribution in [2.45, 2.75) is 30.8 Å². The molecule has 0 saturated heterocycles. The highest BCUT2D eigenvalue weighted by atomic mass is 35.5. The molecule has 1 aliphatic heterocycles. The number of hydrogen-bond donors (Lipinski definition) is 1. The Hall–Kier alpha value is -1.86. The minimum Gasteiger partial charge on any atom is -0.487 e. The Kier molecular flexibility index (Phi) is 3.49. The summed E-state index contributed by atoms with van der Waals surface area (Å²) in [5.74, 6) is 0.830. The molecule has 2 heterocycles. The molecule has 116 valence electrons. The fraction of sp³-hybridized carbons (Fsp3) is 0.286. The maximum atomic E-state index is 12.4. The van der Waals surface area contributed by atoms with Gasteiger partial charge in [-0.3, -0.25) is 4.72 Å². The summed E-state index contributed by atoms with van der Waals surface area (Å²) in [7, 11) is -3.74. The first-order valence-electron chi connectivity index (χ1n) is 6.57. The molecule has 1 aromatic carbocycles. The normalized spacial score (nSPS) is 16.0. The summed E-state index contributed by atoms with van der Waals surface area (Å²) in [4.78, 5) is 7.82. The van der Waals surface area contributed by atoms with Gasteiger partial charge in [0, 0.05) is 6.42 Å². The van der Waals surface area contributed by atoms with E-state index >= 15 is 0 Å². The third-order valence-electron chi connectivity index (χ3n) is 3.20. The Morgan fingerprint density at radius 2 is 2.05 bits per heavy atom. The number of hydrogen-bond acceptors (Lipinski definition) is 5. The molecule has 0 amide bonds. The number of nitrogens with one attached hydrogen (secondary N) is 1. The molecule has 0 aliphatic carbocycles. The molecule has 0 fully saturated rings. The molecule has 22 heavy (non-hydrogen) atoms. The smallest absolute Gasteiger partial charge is 0.263 e. The van der Waals surface area contributed by atoms with Crippen molar-refractivity contribution < 1.29 is 13.2 Å². The van der Waals surface area contributed by atoms with Crippen molar-refractivity contribution in [3.63, 3.8) is 0 Å². The van der Waals surface area contributed by atoms with Crippen molar-refractivity contribution in [3.8, 4) is 5.75 Å². The monoisotopic (exact) mass is 339 g/mol. The summed E-state index contributed by atoms with van der Waals surface area (Å²) in [6, 6.07) is 4.80. The molecule has 1 aliphatic rings. The second-order valence-electron chi connectivity index (χ2n) is 5.64. The van der Waals surface area contributed by atoms with Gasteiger partial charge in [0.1, 0.15) is 16.5 Å². The highest BCUT2D eigenvalue weighted by Crippen LogP contribution is 2.36. The van der Waals surface area contributed by atoms with E-state index in [4.69, 9.17) is 16.3 Å². The van der Waals surface area contributed by atoms with Gasteiger partial charge in [-0.25, -0.2) is 18.4 Å². The Morgan fingerprint density at radius 3 is 2.73 bits per heavy atom. The van der Waals surface area contributed by atoms with Crippen LogP contribution in [-0.2, 0) is 16.4 Å². The summed E-state index contributed by atoms with van der Waals surface area (Å²) < 4.78 is 32.9. The highest BCUT2D eigenvalue weighted by molar-refractivity contribution is 7.92. The van der Waals surface area contributed by atoms with Crippen molar-refractivity contribution in [2.24, 2.45) is 0 Å². The van der Waals surface area contributed by atoms with E-state index in [0.717, 1.165) is 11.3 Å². The second kappa shape index (κ2) is 5.10. The molecule has 0 unspecified atom stereocenters. The number of rotatable bonds is 3. The maximum Gasteiger partial charge on any atom is 0.263 e. The molecule has 0 radical (unpaired) electrons. The third-order valence-corrected chi connectivity index (χ3v) is 4.75. The second-order valence-corrected chi connectivity index (χ2v) is 7.71. The standard InChI is InChI=1S/C14H14ClN3O3S/c1-14(2)6-9-5-10(3-4-11(9)21-14)22(19,20)18-13-8-16-12(15)7-17-13/h3-5,7-8H,6H2,1-2H3,(H,17,18). The first-order valence-corrected chi connectivity index (χ1v) is 8.44. The van der Waals surface area contributed by atoms with E-state index in [-0.39, 0.29) is 21.5 Å². The zero-order valence-electron chi connectivity index (χ0n) is 12.0. The van der Waals surface area contributed by atoms with E-state index in [1.165, 1.54) is 18.5 Å². The van der Waals surface area contributed by atoms with Crippen molar-refractivity contribution in [3.05, 3.63) is 41.3 Å². The third kappa shape index (κ3) is 3.00. The molecular weight excluding hydrogens is 326 g/mol. The zero-order chi connectivity index (χ0) is 16.0. The first-order chi connectivity index (χ1) is 10.3. The van der Waals surface area contributed by atoms with Crippen LogP contribution in [0.5, 0.6) is 5.75 Å². The molecule has 8 heteroatoms. The van der Waals surface area contributed by atoms with E-state index in [0.29, 0.717) is 6.42 Å². The van der Waals surface area contributed by atoms with Crippen LogP contribution in [0.25, 0.3) is 0 Å². The van der Waals surface area contributed by atoms with Crippen LogP contribution in [0, 0.1) is 0 Å². The van der Waals surface area contributed by atoms with Gasteiger partial charge in [-0.05, 0) is 37.6 Å². The number of fused-ring (bicyclic) bond motifs is 1. The summed E-state index contributed by atoms with van der Waals surface area (Å²) in [5.41, 5.74) is 0.551. The van der Waals surface area contributed by atoms with E-state index in [9.17, 15) is 8.42 Å². The first kappa shape index (κ1) is 15.1. The molecule has 0 spiro atoms. The maximum absolute atomic E-state index is 12.4. The molecule has 1 N–H and O–H groups in total. The van der Waals surface area contributed by atoms with E-state index in [1.807, 2.05) is 13.8 Å². The van der Waals surface area contributed by atoms with Crippen molar-refractivity contribution in [1.82, 2.24) is 9.97 Å². The number of anilines is 1. The van der Waals surface area contributed by atoms with Crippen LogP contribution in [0.4, 0.5) is 5.82 Å². The molecule has 6 nitrogen and oxygen atoms in total. The summed E-state index contributed by atoms with van der Waals surface area (Å²) >= 11 is 5.63. The minimum atomic E-state index is -3.74. The van der Waals surface area contributed by atoms with Crippen LogP contribution in [-0.4, -0.2) is 24.0 Å². The Morgan fingerprint density at radius 1 is 1.27 bits per heavy atom. The van der Waals surface area contributed by atoms with Crippen LogP contribution in [0.3, 0.4) is 0 Å². The minimum absolute atomic E-state index is 0.112. The van der Waals surface area contributed by atoms with Gasteiger partial charge in [0.15, 0.2) is 5.82 Å². The molecule has 1 aromatic heterocycles. The highest BCUT2D eigenvalue weighted by Gasteiger charge is 2.31. The fourth-order valence-electron chi connectivity index (χ4n) is 2.31. The van der Waals surface area contributed by atoms with Gasteiger partial charge < -0.3 is 4.74 Å². The van der Waals surface area contributed by atoms with Gasteiger partial charge in [0.05, 0.1) is 17.3 Å². The van der Waals surface area contributed by atoms with Crippen LogP contribution >= 0.6 is 11.6 Å². The Bertz CT molecular complexity index is 820. The Balaban J connectivity index is 1.89. The van der Waals surface area contributed by atoms with Gasteiger partial charge in [-0.2, -0.15) is 0 Å². The number of aromatic nitrogens is 2. The van der Waals surface area contributed by atoms with E-state index < -0.39 is 10.0 Å². The number of sulfonamides is 1. The van der Waals surface area contributed by atoms with Crippen LogP contribution in [0.1, 0.15) is 19.4 Å². The number of halogens is 1. The van der Waals surface area contributed by atoms with Gasteiger partial charge in [-0.1, -0.05) is 11.6 Å². The topological polar surface area (TPSA) is 81.2 Å². The fourth-order valence-corrected chi connectivity index (χ4v) is 3.46. The summed E-state index contributed by atoms with van der Waals surface area (Å²) in [5, 5.41) is 0.194. The predicted octanol–water partition coefficient (Wildman–Crippen LogP) is 2.64. The zero-order valence-corrected chi connectivity index (χ0v) is 13.6. The van der Waals surface area contributed by atoms with Crippen LogP contribution in [0.15, 0.2) is 35.5 Å². The van der Waals surface area contributed by atoms with Crippen LogP contribution < -0.4 is 9.46 Å². The largest absolute Gasteiger partial charge is 0.487 e. The van der Waals surface area contributed by atoms with Gasteiger partial charge >= 0.3 is 0 Å². The SMILES string of the molecule is CC1(C)Cc2cc(S(=O)(=O)Nc3cnc(Cl)cn3)ccc2O1. The molecule has 3 rings (SSSR count). The molecular formula is C14H14ClN3O3S. The number of nitrogens with zero attached hydrogens (tertiary/aromatic N) is 2. The molecule has 0 saturated carbocycles. The van der Waals surface area contributed by atoms with Crippen molar-refractivity contribution >= 4 is 27.4 Å². The Labute approximate surface area is 133 Å². The lowest BCUT2D eigenvalue weighted by Crippen LogP contribution is -2.24. The van der Waals surface area contributed by atoms with Gasteiger partial charge in [0.25, 0.3) is 10.0 Å². The van der Waals surface area contributed by atoms with Gasteiger partial charge in [0.2, 0.25) is 0 Å². The van der Waals surface area contributed by atoms with Gasteiger partial charge in [-0.15, -0.1) is 0 Å².